The molecule has 5 nitrogen and oxygen atoms in total. The first-order valence-electron chi connectivity index (χ1n) is 10.4. The largest absolute Gasteiger partial charge is 0.459 e. The van der Waals surface area contributed by atoms with Crippen LogP contribution in [-0.2, 0) is 23.1 Å². The highest BCUT2D eigenvalue weighted by Crippen LogP contribution is 2.23. The number of nitrogens with zero attached hydrogens (tertiary/aromatic N) is 2. The zero-order chi connectivity index (χ0) is 23.3. The van der Waals surface area contributed by atoms with Crippen molar-refractivity contribution in [3.63, 3.8) is 0 Å². The normalized spacial score (nSPS) is 12.0. The van der Waals surface area contributed by atoms with Crippen LogP contribution in [0.25, 0.3) is 0 Å². The molecule has 1 heterocycles. The van der Waals surface area contributed by atoms with E-state index in [1.54, 1.807) is 42.6 Å². The minimum Gasteiger partial charge on any atom is -0.459 e. The van der Waals surface area contributed by atoms with Gasteiger partial charge in [-0.2, -0.15) is 4.31 Å². The van der Waals surface area contributed by atoms with Gasteiger partial charge in [0.2, 0.25) is 10.0 Å². The molecule has 0 saturated carbocycles. The Hall–Kier alpha value is -3.00. The van der Waals surface area contributed by atoms with Crippen LogP contribution in [0.5, 0.6) is 0 Å². The Labute approximate surface area is 202 Å². The van der Waals surface area contributed by atoms with Gasteiger partial charge in [-0.15, -0.1) is 0 Å². The zero-order valence-electron chi connectivity index (χ0n) is 18.1. The van der Waals surface area contributed by atoms with Gasteiger partial charge in [0.25, 0.3) is 0 Å². The average molecular weight is 523 g/mol. The molecule has 0 saturated heterocycles. The van der Waals surface area contributed by atoms with Crippen molar-refractivity contribution < 1.29 is 12.8 Å². The zero-order valence-corrected chi connectivity index (χ0v) is 20.5. The first-order chi connectivity index (χ1) is 15.9. The molecule has 0 amide bonds. The lowest BCUT2D eigenvalue weighted by Gasteiger charge is -2.21. The van der Waals surface area contributed by atoms with E-state index in [4.69, 9.17) is 4.42 Å². The molecule has 0 aliphatic heterocycles. The molecule has 168 valence electrons. The van der Waals surface area contributed by atoms with Gasteiger partial charge in [0.15, 0.2) is 0 Å². The minimum absolute atomic E-state index is 0.107. The fourth-order valence-corrected chi connectivity index (χ4v) is 5.07. The second kappa shape index (κ2) is 10.3. The molecule has 1 aromatic heterocycles. The van der Waals surface area contributed by atoms with Gasteiger partial charge in [0.1, 0.15) is 11.5 Å². The van der Waals surface area contributed by atoms with E-state index in [0.29, 0.717) is 11.5 Å². The number of benzene rings is 3. The first kappa shape index (κ1) is 23.2. The molecule has 0 fully saturated rings. The van der Waals surface area contributed by atoms with Crippen molar-refractivity contribution >= 4 is 37.9 Å². The Kier molecular flexibility index (Phi) is 7.23. The fraction of sp³-hybridized carbons (Fsp3) is 0.115. The molecule has 0 atom stereocenters. The van der Waals surface area contributed by atoms with Crippen LogP contribution in [0.3, 0.4) is 0 Å². The van der Waals surface area contributed by atoms with Crippen molar-refractivity contribution in [2.24, 2.45) is 4.99 Å². The maximum absolute atomic E-state index is 13.5. The predicted molar refractivity (Wildman–Crippen MR) is 134 cm³/mol. The van der Waals surface area contributed by atoms with E-state index in [1.165, 1.54) is 4.31 Å². The summed E-state index contributed by atoms with van der Waals surface area (Å²) in [5.41, 5.74) is 2.69. The minimum atomic E-state index is -3.73. The standard InChI is InChI=1S/C26H23BrN2O3S/c1-20-10-14-26(15-11-20)33(30,31)29(18-21-6-3-2-4-7-21)19-25-13-12-24(32-25)17-28-23-9-5-8-22(27)16-23/h2-17H,18-19H2,1H3. The Bertz CT molecular complexity index is 1350. The third-order valence-corrected chi connectivity index (χ3v) is 7.32. The summed E-state index contributed by atoms with van der Waals surface area (Å²) < 4.78 is 35.2. The summed E-state index contributed by atoms with van der Waals surface area (Å²) in [5, 5.41) is 0. The molecule has 0 radical (unpaired) electrons. The second-order valence-corrected chi connectivity index (χ2v) is 10.5. The van der Waals surface area contributed by atoms with Gasteiger partial charge >= 0.3 is 0 Å². The van der Waals surface area contributed by atoms with E-state index in [0.717, 1.165) is 21.3 Å². The monoisotopic (exact) mass is 522 g/mol. The van der Waals surface area contributed by atoms with Crippen LogP contribution in [0.4, 0.5) is 5.69 Å². The summed E-state index contributed by atoms with van der Waals surface area (Å²) in [4.78, 5) is 4.68. The van der Waals surface area contributed by atoms with E-state index in [2.05, 4.69) is 20.9 Å². The van der Waals surface area contributed by atoms with Crippen molar-refractivity contribution in [2.45, 2.75) is 24.9 Å². The molecule has 4 aromatic rings. The van der Waals surface area contributed by atoms with E-state index in [9.17, 15) is 8.42 Å². The SMILES string of the molecule is Cc1ccc(S(=O)(=O)N(Cc2ccccc2)Cc2ccc(C=Nc3cccc(Br)c3)o2)cc1. The molecule has 7 heteroatoms. The molecule has 0 spiro atoms. The number of rotatable bonds is 8. The number of hydrogen-bond acceptors (Lipinski definition) is 4. The Morgan fingerprint density at radius 2 is 1.67 bits per heavy atom. The van der Waals surface area contributed by atoms with Crippen LogP contribution < -0.4 is 0 Å². The highest BCUT2D eigenvalue weighted by molar-refractivity contribution is 9.10. The first-order valence-corrected chi connectivity index (χ1v) is 12.6. The van der Waals surface area contributed by atoms with Crippen molar-refractivity contribution in [3.05, 3.63) is 118 Å². The van der Waals surface area contributed by atoms with Crippen LogP contribution in [-0.4, -0.2) is 18.9 Å². The van der Waals surface area contributed by atoms with Gasteiger partial charge in [-0.1, -0.05) is 70.0 Å². The van der Waals surface area contributed by atoms with Crippen LogP contribution in [0, 0.1) is 6.92 Å². The van der Waals surface area contributed by atoms with Crippen molar-refractivity contribution in [1.82, 2.24) is 4.31 Å². The number of sulfonamides is 1. The lowest BCUT2D eigenvalue weighted by atomic mass is 10.2. The molecule has 0 aliphatic carbocycles. The second-order valence-electron chi connectivity index (χ2n) is 7.61. The molecule has 3 aromatic carbocycles. The summed E-state index contributed by atoms with van der Waals surface area (Å²) in [6, 6.07) is 27.6. The Morgan fingerprint density at radius 1 is 0.909 bits per heavy atom. The highest BCUT2D eigenvalue weighted by atomic mass is 79.9. The van der Waals surface area contributed by atoms with E-state index in [1.807, 2.05) is 61.5 Å². The lowest BCUT2D eigenvalue weighted by Crippen LogP contribution is -2.30. The molecule has 0 unspecified atom stereocenters. The molecular formula is C26H23BrN2O3S. The topological polar surface area (TPSA) is 62.9 Å². The molecule has 0 N–H and O–H groups in total. The summed E-state index contributed by atoms with van der Waals surface area (Å²) in [7, 11) is -3.73. The number of aliphatic imine (C=N–C) groups is 1. The van der Waals surface area contributed by atoms with Crippen molar-refractivity contribution in [3.8, 4) is 0 Å². The van der Waals surface area contributed by atoms with Crippen molar-refractivity contribution in [2.75, 3.05) is 0 Å². The van der Waals surface area contributed by atoms with Gasteiger partial charge in [-0.3, -0.25) is 4.99 Å². The smallest absolute Gasteiger partial charge is 0.243 e. The maximum atomic E-state index is 13.5. The molecular weight excluding hydrogens is 500 g/mol. The molecule has 33 heavy (non-hydrogen) atoms. The van der Waals surface area contributed by atoms with E-state index < -0.39 is 10.0 Å². The number of halogens is 1. The van der Waals surface area contributed by atoms with Crippen LogP contribution in [0.1, 0.15) is 22.6 Å². The summed E-state index contributed by atoms with van der Waals surface area (Å²) >= 11 is 3.43. The van der Waals surface area contributed by atoms with Crippen LogP contribution in [0.15, 0.2) is 110 Å². The van der Waals surface area contributed by atoms with Crippen LogP contribution >= 0.6 is 15.9 Å². The Balaban J connectivity index is 1.58. The lowest BCUT2D eigenvalue weighted by molar-refractivity contribution is 0.357. The fourth-order valence-electron chi connectivity index (χ4n) is 3.29. The Morgan fingerprint density at radius 3 is 2.39 bits per heavy atom. The van der Waals surface area contributed by atoms with Gasteiger partial charge in [0.05, 0.1) is 23.3 Å². The van der Waals surface area contributed by atoms with Crippen LogP contribution in [0.2, 0.25) is 0 Å². The molecule has 0 aliphatic rings. The number of aryl methyl sites for hydroxylation is 1. The average Bonchev–Trinajstić information content (AvgIpc) is 3.26. The van der Waals surface area contributed by atoms with Gasteiger partial charge in [-0.05, 0) is 55.0 Å². The molecule has 4 rings (SSSR count). The van der Waals surface area contributed by atoms with E-state index in [-0.39, 0.29) is 18.0 Å². The number of hydrogen-bond donors (Lipinski definition) is 0. The molecule has 0 bridgehead atoms. The number of furan rings is 1. The third kappa shape index (κ3) is 6.07. The highest BCUT2D eigenvalue weighted by Gasteiger charge is 2.26. The predicted octanol–water partition coefficient (Wildman–Crippen LogP) is 6.49. The third-order valence-electron chi connectivity index (χ3n) is 5.02. The van der Waals surface area contributed by atoms with E-state index >= 15 is 0 Å². The van der Waals surface area contributed by atoms with Gasteiger partial charge in [-0.25, -0.2) is 8.42 Å². The van der Waals surface area contributed by atoms with Crippen molar-refractivity contribution in [1.29, 1.82) is 0 Å². The summed E-state index contributed by atoms with van der Waals surface area (Å²) in [5.74, 6) is 1.09. The van der Waals surface area contributed by atoms with Gasteiger partial charge in [0, 0.05) is 11.0 Å². The van der Waals surface area contributed by atoms with Gasteiger partial charge < -0.3 is 4.42 Å². The summed E-state index contributed by atoms with van der Waals surface area (Å²) in [6.45, 7) is 2.27. The maximum Gasteiger partial charge on any atom is 0.243 e. The quantitative estimate of drug-likeness (QED) is 0.248. The summed E-state index contributed by atoms with van der Waals surface area (Å²) in [6.07, 6.45) is 1.63.